The summed E-state index contributed by atoms with van der Waals surface area (Å²) in [5.74, 6) is -2.37. The van der Waals surface area contributed by atoms with Gasteiger partial charge in [0.1, 0.15) is 11.7 Å². The summed E-state index contributed by atoms with van der Waals surface area (Å²) in [6, 6.07) is 12.1. The topological polar surface area (TPSA) is 97.4 Å². The predicted molar refractivity (Wildman–Crippen MR) is 120 cm³/mol. The Morgan fingerprint density at radius 1 is 1.15 bits per heavy atom. The van der Waals surface area contributed by atoms with Crippen LogP contribution in [0.15, 0.2) is 54.7 Å². The Bertz CT molecular complexity index is 1250. The van der Waals surface area contributed by atoms with Gasteiger partial charge in [-0.05, 0) is 47.9 Å². The van der Waals surface area contributed by atoms with Crippen molar-refractivity contribution in [3.05, 3.63) is 87.8 Å². The summed E-state index contributed by atoms with van der Waals surface area (Å²) in [7, 11) is 1.52. The third kappa shape index (κ3) is 4.85. The van der Waals surface area contributed by atoms with Crippen LogP contribution in [0.3, 0.4) is 0 Å². The van der Waals surface area contributed by atoms with E-state index >= 15 is 0 Å². The number of nitrogens with zero attached hydrogens (tertiary/aromatic N) is 1. The van der Waals surface area contributed by atoms with Gasteiger partial charge in [0.2, 0.25) is 11.8 Å². The molecular weight excluding hydrogens is 449 g/mol. The highest BCUT2D eigenvalue weighted by Crippen LogP contribution is 2.29. The molecule has 0 radical (unpaired) electrons. The van der Waals surface area contributed by atoms with Gasteiger partial charge in [-0.15, -0.1) is 0 Å². The molecule has 1 aliphatic heterocycles. The van der Waals surface area contributed by atoms with E-state index in [1.807, 2.05) is 0 Å². The van der Waals surface area contributed by atoms with E-state index in [0.29, 0.717) is 17.1 Å². The van der Waals surface area contributed by atoms with Crippen molar-refractivity contribution in [3.63, 3.8) is 0 Å². The van der Waals surface area contributed by atoms with Crippen molar-refractivity contribution in [1.82, 2.24) is 10.3 Å². The number of carbonyl (C=O) groups excluding carboxylic acids is 3. The molecule has 2 heterocycles. The Morgan fingerprint density at radius 2 is 1.94 bits per heavy atom. The average molecular weight is 468 g/mol. The first-order valence-electron chi connectivity index (χ1n) is 10.1. The zero-order valence-corrected chi connectivity index (χ0v) is 18.3. The molecule has 2 amide bonds. The van der Waals surface area contributed by atoms with E-state index in [1.54, 1.807) is 18.3 Å². The number of aromatic nitrogens is 1. The molecule has 2 N–H and O–H groups in total. The molecule has 7 nitrogen and oxygen atoms in total. The van der Waals surface area contributed by atoms with Gasteiger partial charge in [0, 0.05) is 29.9 Å². The molecule has 1 unspecified atom stereocenters. The monoisotopic (exact) mass is 467 g/mol. The molecule has 9 heteroatoms. The summed E-state index contributed by atoms with van der Waals surface area (Å²) in [4.78, 5) is 42.3. The average Bonchev–Trinajstić information content (AvgIpc) is 2.82. The molecule has 1 aliphatic rings. The third-order valence-corrected chi connectivity index (χ3v) is 5.61. The van der Waals surface area contributed by atoms with Crippen molar-refractivity contribution in [1.29, 1.82) is 0 Å². The molecule has 0 saturated carbocycles. The van der Waals surface area contributed by atoms with Crippen molar-refractivity contribution in [3.8, 4) is 5.88 Å². The molecule has 4 rings (SSSR count). The number of ether oxygens (including phenoxy) is 1. The second-order valence-electron chi connectivity index (χ2n) is 7.51. The van der Waals surface area contributed by atoms with Crippen molar-refractivity contribution in [2.24, 2.45) is 5.92 Å². The summed E-state index contributed by atoms with van der Waals surface area (Å²) in [5, 5.41) is 5.40. The molecule has 33 heavy (non-hydrogen) atoms. The molecule has 3 aromatic rings. The van der Waals surface area contributed by atoms with E-state index in [-0.39, 0.29) is 35.0 Å². The maximum absolute atomic E-state index is 13.4. The van der Waals surface area contributed by atoms with E-state index in [9.17, 15) is 18.8 Å². The summed E-state index contributed by atoms with van der Waals surface area (Å²) < 4.78 is 18.4. The predicted octanol–water partition coefficient (Wildman–Crippen LogP) is 3.81. The number of hydrogen-bond donors (Lipinski definition) is 2. The molecule has 168 valence electrons. The quantitative estimate of drug-likeness (QED) is 0.537. The van der Waals surface area contributed by atoms with E-state index in [0.717, 1.165) is 5.56 Å². The first kappa shape index (κ1) is 22.4. The molecule has 0 spiro atoms. The minimum atomic E-state index is -1.01. The number of carbonyl (C=O) groups is 3. The maximum atomic E-state index is 13.4. The molecule has 0 fully saturated rings. The highest BCUT2D eigenvalue weighted by molar-refractivity contribution is 6.30. The molecular formula is C24H19ClFN3O4. The van der Waals surface area contributed by atoms with Crippen LogP contribution in [0.25, 0.3) is 0 Å². The van der Waals surface area contributed by atoms with Crippen LogP contribution < -0.4 is 15.4 Å². The van der Waals surface area contributed by atoms with Gasteiger partial charge in [0.25, 0.3) is 5.91 Å². The zero-order valence-electron chi connectivity index (χ0n) is 17.5. The normalized spacial score (nSPS) is 14.9. The molecule has 0 bridgehead atoms. The fourth-order valence-electron chi connectivity index (χ4n) is 3.53. The van der Waals surface area contributed by atoms with Gasteiger partial charge in [-0.25, -0.2) is 9.37 Å². The summed E-state index contributed by atoms with van der Waals surface area (Å²) >= 11 is 5.82. The van der Waals surface area contributed by atoms with E-state index in [4.69, 9.17) is 16.3 Å². The number of anilines is 1. The molecule has 0 saturated heterocycles. The zero-order chi connectivity index (χ0) is 23.5. The number of benzene rings is 2. The number of pyridine rings is 1. The van der Waals surface area contributed by atoms with E-state index in [2.05, 4.69) is 15.6 Å². The Labute approximate surface area is 193 Å². The summed E-state index contributed by atoms with van der Waals surface area (Å²) in [5.41, 5.74) is 2.20. The number of hydrogen-bond acceptors (Lipinski definition) is 5. The highest BCUT2D eigenvalue weighted by atomic mass is 35.5. The lowest BCUT2D eigenvalue weighted by molar-refractivity contribution is -0.118. The van der Waals surface area contributed by atoms with Crippen molar-refractivity contribution in [2.75, 3.05) is 12.4 Å². The minimum absolute atomic E-state index is 0.0605. The van der Waals surface area contributed by atoms with Crippen LogP contribution >= 0.6 is 11.6 Å². The number of Topliss-reactive ketones (excluding diaryl/α,β-unsaturated/α-hetero) is 1. The minimum Gasteiger partial charge on any atom is -0.481 e. The SMILES string of the molecule is COc1ccc(CNC(=O)c2ccc3c(c2)C(=O)C(Cc2ccc(F)c(Cl)c2)C(=O)N3)cn1. The first-order chi connectivity index (χ1) is 15.9. The number of ketones is 1. The lowest BCUT2D eigenvalue weighted by Gasteiger charge is -2.24. The summed E-state index contributed by atoms with van der Waals surface area (Å²) in [6.45, 7) is 0.242. The largest absolute Gasteiger partial charge is 0.481 e. The van der Waals surface area contributed by atoms with Gasteiger partial charge in [0.05, 0.1) is 17.8 Å². The number of halogens is 2. The molecule has 1 aromatic heterocycles. The second-order valence-corrected chi connectivity index (χ2v) is 7.92. The Kier molecular flexibility index (Phi) is 6.37. The van der Waals surface area contributed by atoms with Crippen LogP contribution in [0.4, 0.5) is 10.1 Å². The number of rotatable bonds is 6. The van der Waals surface area contributed by atoms with Gasteiger partial charge in [-0.1, -0.05) is 23.7 Å². The Balaban J connectivity index is 1.49. The molecule has 1 atom stereocenters. The van der Waals surface area contributed by atoms with Gasteiger partial charge in [-0.3, -0.25) is 14.4 Å². The van der Waals surface area contributed by atoms with Crippen LogP contribution in [0, 0.1) is 11.7 Å². The summed E-state index contributed by atoms with van der Waals surface area (Å²) in [6.07, 6.45) is 1.66. The van der Waals surface area contributed by atoms with Gasteiger partial charge >= 0.3 is 0 Å². The number of nitrogens with one attached hydrogen (secondary N) is 2. The Morgan fingerprint density at radius 3 is 2.64 bits per heavy atom. The third-order valence-electron chi connectivity index (χ3n) is 5.32. The van der Waals surface area contributed by atoms with Crippen molar-refractivity contribution in [2.45, 2.75) is 13.0 Å². The van der Waals surface area contributed by atoms with Gasteiger partial charge in [-0.2, -0.15) is 0 Å². The van der Waals surface area contributed by atoms with Gasteiger partial charge < -0.3 is 15.4 Å². The number of fused-ring (bicyclic) bond motifs is 1. The fraction of sp³-hybridized carbons (Fsp3) is 0.167. The first-order valence-corrected chi connectivity index (χ1v) is 10.4. The van der Waals surface area contributed by atoms with E-state index < -0.39 is 23.4 Å². The van der Waals surface area contributed by atoms with Gasteiger partial charge in [0.15, 0.2) is 5.78 Å². The number of amides is 2. The maximum Gasteiger partial charge on any atom is 0.251 e. The van der Waals surface area contributed by atoms with Crippen LogP contribution in [0.2, 0.25) is 5.02 Å². The standard InChI is InChI=1S/C24H19ClFN3O4/c1-33-21-7-3-14(11-27-21)12-28-23(31)15-4-6-20-16(10-15)22(30)17(24(32)29-20)8-13-2-5-19(26)18(25)9-13/h2-7,9-11,17H,8,12H2,1H3,(H,28,31)(H,29,32). The smallest absolute Gasteiger partial charge is 0.251 e. The number of methoxy groups -OCH3 is 1. The van der Waals surface area contributed by atoms with Crippen molar-refractivity contribution < 1.29 is 23.5 Å². The van der Waals surface area contributed by atoms with Crippen LogP contribution in [-0.2, 0) is 17.8 Å². The lowest BCUT2D eigenvalue weighted by atomic mass is 9.86. The van der Waals surface area contributed by atoms with Crippen LogP contribution in [-0.4, -0.2) is 29.7 Å². The molecule has 2 aromatic carbocycles. The highest BCUT2D eigenvalue weighted by Gasteiger charge is 2.34. The van der Waals surface area contributed by atoms with Crippen molar-refractivity contribution >= 4 is 34.9 Å². The van der Waals surface area contributed by atoms with Crippen LogP contribution in [0.1, 0.15) is 31.8 Å². The fourth-order valence-corrected chi connectivity index (χ4v) is 3.74. The van der Waals surface area contributed by atoms with E-state index in [1.165, 1.54) is 43.5 Å². The van der Waals surface area contributed by atoms with Crippen LogP contribution in [0.5, 0.6) is 5.88 Å². The lowest BCUT2D eigenvalue weighted by Crippen LogP contribution is -2.37. The Hall–Kier alpha value is -3.78. The second kappa shape index (κ2) is 9.38. The molecule has 0 aliphatic carbocycles.